The van der Waals surface area contributed by atoms with E-state index in [1.54, 1.807) is 25.1 Å². The molecular weight excluding hydrogens is 248 g/mol. The van der Waals surface area contributed by atoms with Crippen LogP contribution in [0.5, 0.6) is 5.06 Å². The Balaban J connectivity index is 2.02. The Kier molecular flexibility index (Phi) is 4.12. The van der Waals surface area contributed by atoms with Crippen molar-refractivity contribution in [3.63, 3.8) is 0 Å². The molecule has 2 rings (SSSR count). The van der Waals surface area contributed by atoms with E-state index >= 15 is 0 Å². The van der Waals surface area contributed by atoms with Crippen LogP contribution in [0.15, 0.2) is 47.8 Å². The molecular formula is C14H14O3S. The number of benzene rings is 1. The van der Waals surface area contributed by atoms with Crippen molar-refractivity contribution in [2.45, 2.75) is 13.0 Å². The van der Waals surface area contributed by atoms with Gasteiger partial charge in [0.1, 0.15) is 0 Å². The second-order valence-corrected chi connectivity index (χ2v) is 4.91. The van der Waals surface area contributed by atoms with Crippen molar-refractivity contribution in [2.75, 3.05) is 0 Å². The van der Waals surface area contributed by atoms with Crippen LogP contribution in [0, 0.1) is 5.92 Å². The van der Waals surface area contributed by atoms with E-state index in [4.69, 9.17) is 4.74 Å². The Hall–Kier alpha value is -1.65. The third-order valence-electron chi connectivity index (χ3n) is 2.68. The number of carbonyl (C=O) groups is 1. The molecule has 0 aliphatic heterocycles. The fraction of sp³-hybridized carbons (Fsp3) is 0.214. The summed E-state index contributed by atoms with van der Waals surface area (Å²) in [4.78, 5) is 11.8. The van der Waals surface area contributed by atoms with E-state index in [-0.39, 0.29) is 0 Å². The van der Waals surface area contributed by atoms with Crippen LogP contribution in [-0.4, -0.2) is 11.1 Å². The molecule has 1 aromatic heterocycles. The topological polar surface area (TPSA) is 46.5 Å². The summed E-state index contributed by atoms with van der Waals surface area (Å²) in [5, 5.41) is 12.5. The molecule has 0 amide bonds. The lowest BCUT2D eigenvalue weighted by Gasteiger charge is -2.17. The predicted octanol–water partition coefficient (Wildman–Crippen LogP) is 3.02. The summed E-state index contributed by atoms with van der Waals surface area (Å²) in [5.74, 6) is -1.02. The smallest absolute Gasteiger partial charge is 0.317 e. The summed E-state index contributed by atoms with van der Waals surface area (Å²) in [6.45, 7) is 1.66. The van der Waals surface area contributed by atoms with Gasteiger partial charge in [-0.15, -0.1) is 11.3 Å². The van der Waals surface area contributed by atoms with Crippen LogP contribution in [0.1, 0.15) is 18.6 Å². The van der Waals surface area contributed by atoms with Crippen LogP contribution in [0.3, 0.4) is 0 Å². The number of hydrogen-bond donors (Lipinski definition) is 1. The van der Waals surface area contributed by atoms with Gasteiger partial charge >= 0.3 is 5.97 Å². The number of aliphatic hydroxyl groups excluding tert-OH is 1. The first-order chi connectivity index (χ1) is 8.68. The number of esters is 1. The zero-order chi connectivity index (χ0) is 13.0. The lowest BCUT2D eigenvalue weighted by atomic mass is 9.98. The van der Waals surface area contributed by atoms with Crippen LogP contribution in [0.2, 0.25) is 0 Å². The summed E-state index contributed by atoms with van der Waals surface area (Å²) in [7, 11) is 0. The molecule has 1 aromatic carbocycles. The Bertz CT molecular complexity index is 493. The maximum absolute atomic E-state index is 11.8. The van der Waals surface area contributed by atoms with Crippen LogP contribution in [-0.2, 0) is 4.79 Å². The average Bonchev–Trinajstić information content (AvgIpc) is 2.91. The molecule has 0 radical (unpaired) electrons. The second kappa shape index (κ2) is 5.80. The highest BCUT2D eigenvalue weighted by molar-refractivity contribution is 7.11. The van der Waals surface area contributed by atoms with Crippen molar-refractivity contribution >= 4 is 17.3 Å². The molecule has 1 heterocycles. The highest BCUT2D eigenvalue weighted by Gasteiger charge is 2.25. The van der Waals surface area contributed by atoms with Gasteiger partial charge in [0.25, 0.3) is 0 Å². The number of thiophene rings is 1. The molecule has 0 spiro atoms. The molecule has 0 fully saturated rings. The summed E-state index contributed by atoms with van der Waals surface area (Å²) < 4.78 is 5.18. The molecule has 0 unspecified atom stereocenters. The van der Waals surface area contributed by atoms with Crippen molar-refractivity contribution < 1.29 is 14.6 Å². The minimum absolute atomic E-state index is 0.422. The van der Waals surface area contributed by atoms with Gasteiger partial charge in [-0.25, -0.2) is 0 Å². The molecule has 0 saturated carbocycles. The van der Waals surface area contributed by atoms with E-state index in [1.807, 2.05) is 29.6 Å². The molecule has 18 heavy (non-hydrogen) atoms. The van der Waals surface area contributed by atoms with Crippen molar-refractivity contribution in [3.05, 3.63) is 53.4 Å². The fourth-order valence-electron chi connectivity index (χ4n) is 1.58. The molecule has 2 atom stereocenters. The molecule has 1 N–H and O–H groups in total. The number of ether oxygens (including phenoxy) is 1. The predicted molar refractivity (Wildman–Crippen MR) is 70.5 cm³/mol. The van der Waals surface area contributed by atoms with E-state index < -0.39 is 18.0 Å². The molecule has 94 valence electrons. The molecule has 2 aromatic rings. The van der Waals surface area contributed by atoms with Crippen molar-refractivity contribution in [1.82, 2.24) is 0 Å². The van der Waals surface area contributed by atoms with Crippen molar-refractivity contribution in [1.29, 1.82) is 0 Å². The molecule has 0 aliphatic carbocycles. The number of carbonyl (C=O) groups excluding carboxylic acids is 1. The minimum Gasteiger partial charge on any atom is -0.415 e. The number of rotatable bonds is 4. The second-order valence-electron chi connectivity index (χ2n) is 4.00. The quantitative estimate of drug-likeness (QED) is 0.861. The zero-order valence-electron chi connectivity index (χ0n) is 9.95. The van der Waals surface area contributed by atoms with Gasteiger partial charge in [0.05, 0.1) is 12.0 Å². The van der Waals surface area contributed by atoms with E-state index in [9.17, 15) is 9.90 Å². The maximum Gasteiger partial charge on any atom is 0.317 e. The molecule has 4 heteroatoms. The van der Waals surface area contributed by atoms with Gasteiger partial charge in [0, 0.05) is 0 Å². The monoisotopic (exact) mass is 262 g/mol. The molecule has 0 bridgehead atoms. The van der Waals surface area contributed by atoms with Gasteiger partial charge < -0.3 is 9.84 Å². The largest absolute Gasteiger partial charge is 0.415 e. The van der Waals surface area contributed by atoms with Gasteiger partial charge in [0.15, 0.2) is 5.06 Å². The fourth-order valence-corrected chi connectivity index (χ4v) is 2.16. The first-order valence-electron chi connectivity index (χ1n) is 5.66. The van der Waals surface area contributed by atoms with Crippen molar-refractivity contribution in [2.24, 2.45) is 5.92 Å². The van der Waals surface area contributed by atoms with Crippen LogP contribution < -0.4 is 4.74 Å². The van der Waals surface area contributed by atoms with E-state index in [1.165, 1.54) is 11.3 Å². The normalized spacial score (nSPS) is 13.9. The van der Waals surface area contributed by atoms with E-state index in [0.29, 0.717) is 10.6 Å². The summed E-state index contributed by atoms with van der Waals surface area (Å²) >= 11 is 1.35. The lowest BCUT2D eigenvalue weighted by molar-refractivity contribution is -0.141. The Morgan fingerprint density at radius 2 is 1.94 bits per heavy atom. The highest BCUT2D eigenvalue weighted by atomic mass is 32.1. The summed E-state index contributed by atoms with van der Waals surface area (Å²) in [6, 6.07) is 12.6. The average molecular weight is 262 g/mol. The first kappa shape index (κ1) is 12.8. The van der Waals surface area contributed by atoms with Gasteiger partial charge in [-0.2, -0.15) is 0 Å². The van der Waals surface area contributed by atoms with Crippen LogP contribution in [0.4, 0.5) is 0 Å². The number of aliphatic hydroxyl groups is 1. The maximum atomic E-state index is 11.8. The Morgan fingerprint density at radius 3 is 2.56 bits per heavy atom. The Labute approximate surface area is 110 Å². The van der Waals surface area contributed by atoms with E-state index in [0.717, 1.165) is 0 Å². The van der Waals surface area contributed by atoms with Gasteiger partial charge in [-0.1, -0.05) is 30.3 Å². The molecule has 0 aliphatic rings. The SMILES string of the molecule is C[C@H](C(=O)Oc1cccs1)[C@@H](O)c1ccccc1. The van der Waals surface area contributed by atoms with Gasteiger partial charge in [-0.3, -0.25) is 4.79 Å². The number of hydrogen-bond acceptors (Lipinski definition) is 4. The van der Waals surface area contributed by atoms with Gasteiger partial charge in [0.2, 0.25) is 0 Å². The van der Waals surface area contributed by atoms with E-state index in [2.05, 4.69) is 0 Å². The lowest BCUT2D eigenvalue weighted by Crippen LogP contribution is -2.23. The standard InChI is InChI=1S/C14H14O3S/c1-10(13(15)11-6-3-2-4-7-11)14(16)17-12-8-5-9-18-12/h2-10,13,15H,1H3/t10-,13+/m0/s1. The van der Waals surface area contributed by atoms with Gasteiger partial charge in [-0.05, 0) is 30.0 Å². The van der Waals surface area contributed by atoms with Crippen LogP contribution >= 0.6 is 11.3 Å². The molecule has 0 saturated heterocycles. The van der Waals surface area contributed by atoms with Crippen LogP contribution in [0.25, 0.3) is 0 Å². The zero-order valence-corrected chi connectivity index (χ0v) is 10.8. The summed E-state index contributed by atoms with van der Waals surface area (Å²) in [5.41, 5.74) is 0.716. The third-order valence-corrected chi connectivity index (χ3v) is 3.43. The summed E-state index contributed by atoms with van der Waals surface area (Å²) in [6.07, 6.45) is -0.848. The Morgan fingerprint density at radius 1 is 1.22 bits per heavy atom. The minimum atomic E-state index is -0.848. The first-order valence-corrected chi connectivity index (χ1v) is 6.54. The molecule has 3 nitrogen and oxygen atoms in total. The third kappa shape index (κ3) is 2.97. The highest BCUT2D eigenvalue weighted by Crippen LogP contribution is 2.25. The van der Waals surface area contributed by atoms with Crippen molar-refractivity contribution in [3.8, 4) is 5.06 Å².